The second-order valence-electron chi connectivity index (χ2n) is 9.40. The molecule has 1 fully saturated rings. The Bertz CT molecular complexity index is 1020. The van der Waals surface area contributed by atoms with Crippen molar-refractivity contribution in [1.82, 2.24) is 14.5 Å². The van der Waals surface area contributed by atoms with Crippen LogP contribution in [0, 0.1) is 5.92 Å². The number of piperidine rings is 1. The monoisotopic (exact) mass is 535 g/mol. The number of carbonyl (C=O) groups excluding carboxylic acids is 1. The number of nitrogens with zero attached hydrogens (tertiary/aromatic N) is 2. The Labute approximate surface area is 210 Å². The van der Waals surface area contributed by atoms with Gasteiger partial charge in [0.2, 0.25) is 15.9 Å². The number of hydrogen-bond donors (Lipinski definition) is 1. The van der Waals surface area contributed by atoms with Crippen molar-refractivity contribution in [2.75, 3.05) is 44.4 Å². The predicted molar refractivity (Wildman–Crippen MR) is 137 cm³/mol. The van der Waals surface area contributed by atoms with Gasteiger partial charge in [-0.15, -0.1) is 0 Å². The van der Waals surface area contributed by atoms with Crippen LogP contribution in [0.5, 0.6) is 0 Å². The number of halogens is 1. The third-order valence-electron chi connectivity index (χ3n) is 6.30. The number of benzene rings is 1. The molecule has 34 heavy (non-hydrogen) atoms. The maximum Gasteiger partial charge on any atom is 0.240 e. The van der Waals surface area contributed by atoms with Gasteiger partial charge < -0.3 is 9.80 Å². The molecule has 1 aliphatic rings. The Morgan fingerprint density at radius 2 is 1.85 bits per heavy atom. The number of sulfonamides is 1. The largest absolute Gasteiger partial charge is 0.341 e. The fourth-order valence-electron chi connectivity index (χ4n) is 4.47. The highest BCUT2D eigenvalue weighted by atomic mass is 35.5. The normalized spacial score (nSPS) is 17.6. The maximum atomic E-state index is 13.0. The van der Waals surface area contributed by atoms with E-state index in [9.17, 15) is 21.6 Å². The third-order valence-corrected chi connectivity index (χ3v) is 8.23. The van der Waals surface area contributed by atoms with Crippen LogP contribution in [0.25, 0.3) is 0 Å². The van der Waals surface area contributed by atoms with Crippen LogP contribution in [-0.2, 0) is 31.1 Å². The summed E-state index contributed by atoms with van der Waals surface area (Å²) in [5.74, 6) is -0.171. The number of amides is 1. The molecule has 8 nitrogen and oxygen atoms in total. The maximum absolute atomic E-state index is 13.0. The van der Waals surface area contributed by atoms with E-state index in [-0.39, 0.29) is 18.1 Å². The van der Waals surface area contributed by atoms with Crippen molar-refractivity contribution >= 4 is 37.4 Å². The minimum atomic E-state index is -3.65. The summed E-state index contributed by atoms with van der Waals surface area (Å²) < 4.78 is 48.9. The third kappa shape index (κ3) is 10.2. The van der Waals surface area contributed by atoms with Gasteiger partial charge in [-0.1, -0.05) is 30.7 Å². The van der Waals surface area contributed by atoms with E-state index < -0.39 is 25.9 Å². The number of likely N-dealkylation sites (N-methyl/N-ethyl adjacent to an activating group) is 1. The molecule has 0 radical (unpaired) electrons. The van der Waals surface area contributed by atoms with Crippen molar-refractivity contribution in [2.45, 2.75) is 51.6 Å². The van der Waals surface area contributed by atoms with E-state index in [2.05, 4.69) is 29.5 Å². The highest BCUT2D eigenvalue weighted by Gasteiger charge is 2.31. The van der Waals surface area contributed by atoms with Crippen LogP contribution in [-0.4, -0.2) is 89.1 Å². The van der Waals surface area contributed by atoms with Crippen LogP contribution in [0.1, 0.15) is 38.7 Å². The van der Waals surface area contributed by atoms with Crippen molar-refractivity contribution in [3.63, 3.8) is 0 Å². The summed E-state index contributed by atoms with van der Waals surface area (Å²) in [5.41, 5.74) is 1.21. The number of hydrogen-bond acceptors (Lipinski definition) is 6. The number of likely N-dealkylation sites (tertiary alicyclic amines) is 1. The molecule has 2 atom stereocenters. The van der Waals surface area contributed by atoms with Gasteiger partial charge >= 0.3 is 0 Å². The minimum Gasteiger partial charge on any atom is -0.341 e. The molecule has 1 saturated heterocycles. The van der Waals surface area contributed by atoms with Crippen molar-refractivity contribution in [1.29, 1.82) is 0 Å². The lowest BCUT2D eigenvalue weighted by Gasteiger charge is -2.37. The van der Waals surface area contributed by atoms with Gasteiger partial charge in [-0.2, -0.15) is 0 Å². The molecule has 2 unspecified atom stereocenters. The minimum absolute atomic E-state index is 0.0741. The smallest absolute Gasteiger partial charge is 0.240 e. The van der Waals surface area contributed by atoms with E-state index in [0.717, 1.165) is 49.9 Å². The Morgan fingerprint density at radius 3 is 2.38 bits per heavy atom. The summed E-state index contributed by atoms with van der Waals surface area (Å²) in [5, 5.41) is 0.741. The highest BCUT2D eigenvalue weighted by molar-refractivity contribution is 7.90. The summed E-state index contributed by atoms with van der Waals surface area (Å²) in [7, 11) is -6.97. The molecule has 2 rings (SSSR count). The van der Waals surface area contributed by atoms with E-state index in [1.165, 1.54) is 5.56 Å². The average molecular weight is 536 g/mol. The summed E-state index contributed by atoms with van der Waals surface area (Å²) in [6, 6.07) is 7.22. The van der Waals surface area contributed by atoms with Crippen molar-refractivity contribution in [3.05, 3.63) is 34.9 Å². The molecule has 1 aliphatic heterocycles. The van der Waals surface area contributed by atoms with Gasteiger partial charge in [0.25, 0.3) is 0 Å². The topological polar surface area (TPSA) is 104 Å². The standard InChI is InChI=1S/C23H38ClN3O5S2/c1-5-26(18(2)15-20-7-6-8-21(24)16-20)17-19-9-12-27(13-10-19)23(28)22(25-34(4,31)32)11-14-33(3,29)30/h6-8,16,18-19,22,25H,5,9-15,17H2,1-4H3. The van der Waals surface area contributed by atoms with Crippen LogP contribution < -0.4 is 4.72 Å². The van der Waals surface area contributed by atoms with Crippen molar-refractivity contribution in [3.8, 4) is 0 Å². The lowest BCUT2D eigenvalue weighted by molar-refractivity contribution is -0.134. The molecule has 1 heterocycles. The molecule has 1 N–H and O–H groups in total. The van der Waals surface area contributed by atoms with Gasteiger partial charge in [0.15, 0.2) is 0 Å². The molecule has 1 aromatic carbocycles. The van der Waals surface area contributed by atoms with Crippen LogP contribution in [0.2, 0.25) is 5.02 Å². The predicted octanol–water partition coefficient (Wildman–Crippen LogP) is 2.18. The molecule has 0 aliphatic carbocycles. The highest BCUT2D eigenvalue weighted by Crippen LogP contribution is 2.22. The fourth-order valence-corrected chi connectivity index (χ4v) is 6.08. The molecule has 1 amide bonds. The second-order valence-corrected chi connectivity index (χ2v) is 13.9. The van der Waals surface area contributed by atoms with Gasteiger partial charge in [0.1, 0.15) is 15.9 Å². The second kappa shape index (κ2) is 12.7. The molecule has 0 bridgehead atoms. The molecule has 1 aromatic rings. The Balaban J connectivity index is 1.93. The number of rotatable bonds is 12. The summed E-state index contributed by atoms with van der Waals surface area (Å²) in [6.45, 7) is 7.28. The zero-order valence-corrected chi connectivity index (χ0v) is 22.9. The molecule has 11 heteroatoms. The van der Waals surface area contributed by atoms with Crippen LogP contribution in [0.3, 0.4) is 0 Å². The van der Waals surface area contributed by atoms with Gasteiger partial charge in [-0.05, 0) is 62.8 Å². The summed E-state index contributed by atoms with van der Waals surface area (Å²) >= 11 is 6.12. The first-order valence-electron chi connectivity index (χ1n) is 11.7. The van der Waals surface area contributed by atoms with Crippen LogP contribution in [0.15, 0.2) is 24.3 Å². The quantitative estimate of drug-likeness (QED) is 0.440. The molecular formula is C23H38ClN3O5S2. The van der Waals surface area contributed by atoms with E-state index in [1.807, 2.05) is 18.2 Å². The molecule has 0 spiro atoms. The van der Waals surface area contributed by atoms with Crippen LogP contribution >= 0.6 is 11.6 Å². The summed E-state index contributed by atoms with van der Waals surface area (Å²) in [6.07, 6.45) is 4.53. The Hall–Kier alpha value is -1.20. The number of carbonyl (C=O) groups is 1. The van der Waals surface area contributed by atoms with Gasteiger partial charge in [0.05, 0.1) is 12.0 Å². The number of sulfone groups is 1. The van der Waals surface area contributed by atoms with Crippen LogP contribution in [0.4, 0.5) is 0 Å². The van der Waals surface area contributed by atoms with Gasteiger partial charge in [-0.3, -0.25) is 4.79 Å². The van der Waals surface area contributed by atoms with E-state index in [0.29, 0.717) is 25.0 Å². The SMILES string of the molecule is CCN(CC1CCN(C(=O)C(CCS(C)(=O)=O)NS(C)(=O)=O)CC1)C(C)Cc1cccc(Cl)c1. The van der Waals surface area contributed by atoms with Crippen molar-refractivity contribution in [2.24, 2.45) is 5.92 Å². The van der Waals surface area contributed by atoms with Gasteiger partial charge in [0, 0.05) is 37.0 Å². The first kappa shape index (κ1) is 29.0. The fraction of sp³-hybridized carbons (Fsp3) is 0.696. The number of nitrogens with one attached hydrogen (secondary N) is 1. The first-order valence-corrected chi connectivity index (χ1v) is 16.0. The lowest BCUT2D eigenvalue weighted by Crippen LogP contribution is -2.51. The molecule has 194 valence electrons. The zero-order chi connectivity index (χ0) is 25.5. The molecule has 0 aromatic heterocycles. The summed E-state index contributed by atoms with van der Waals surface area (Å²) in [4.78, 5) is 17.1. The molecule has 0 saturated carbocycles. The van der Waals surface area contributed by atoms with Crippen molar-refractivity contribution < 1.29 is 21.6 Å². The molecular weight excluding hydrogens is 498 g/mol. The Morgan fingerprint density at radius 1 is 1.21 bits per heavy atom. The van der Waals surface area contributed by atoms with E-state index in [4.69, 9.17) is 11.6 Å². The Kier molecular flexibility index (Phi) is 10.8. The first-order chi connectivity index (χ1) is 15.8. The zero-order valence-electron chi connectivity index (χ0n) is 20.5. The van der Waals surface area contributed by atoms with Gasteiger partial charge in [-0.25, -0.2) is 21.6 Å². The average Bonchev–Trinajstić information content (AvgIpc) is 2.73. The van der Waals surface area contributed by atoms with E-state index in [1.54, 1.807) is 4.90 Å². The lowest BCUT2D eigenvalue weighted by atomic mass is 9.94. The van der Waals surface area contributed by atoms with E-state index >= 15 is 0 Å².